The third kappa shape index (κ3) is 5.77. The fourth-order valence-corrected chi connectivity index (χ4v) is 4.61. The van der Waals surface area contributed by atoms with E-state index in [4.69, 9.17) is 0 Å². The number of benzene rings is 3. The summed E-state index contributed by atoms with van der Waals surface area (Å²) in [6, 6.07) is 14.8. The molecule has 4 rings (SSSR count). The van der Waals surface area contributed by atoms with Gasteiger partial charge in [-0.1, -0.05) is 36.4 Å². The number of hydrogen-bond donors (Lipinski definition) is 1. The Kier molecular flexibility index (Phi) is 6.67. The van der Waals surface area contributed by atoms with Crippen LogP contribution in [0.4, 0.5) is 26.3 Å². The fraction of sp³-hybridized carbons (Fsp3) is 0.125. The molecule has 0 aliphatic carbocycles. The third-order valence-electron chi connectivity index (χ3n) is 5.20. The molecule has 0 radical (unpaired) electrons. The molecule has 36 heavy (non-hydrogen) atoms. The number of rotatable bonds is 6. The zero-order valence-corrected chi connectivity index (χ0v) is 18.9. The van der Waals surface area contributed by atoms with Gasteiger partial charge in [-0.25, -0.2) is 13.1 Å². The van der Waals surface area contributed by atoms with E-state index in [1.54, 1.807) is 30.3 Å². The molecule has 0 fully saturated rings. The van der Waals surface area contributed by atoms with E-state index in [0.717, 1.165) is 36.4 Å². The lowest BCUT2D eigenvalue weighted by molar-refractivity contribution is -0.274. The largest absolute Gasteiger partial charge is 0.573 e. The minimum atomic E-state index is -4.95. The highest BCUT2D eigenvalue weighted by atomic mass is 32.2. The summed E-state index contributed by atoms with van der Waals surface area (Å²) in [5.74, 6) is -0.605. The summed E-state index contributed by atoms with van der Waals surface area (Å²) in [6.45, 7) is -0.185. The van der Waals surface area contributed by atoms with Crippen molar-refractivity contribution in [3.05, 3.63) is 90.1 Å². The molecule has 188 valence electrons. The van der Waals surface area contributed by atoms with Crippen molar-refractivity contribution in [2.75, 3.05) is 0 Å². The van der Waals surface area contributed by atoms with Crippen LogP contribution in [-0.4, -0.2) is 19.8 Å². The van der Waals surface area contributed by atoms with E-state index >= 15 is 0 Å². The number of aromatic nitrogens is 1. The Morgan fingerprint density at radius 2 is 1.56 bits per heavy atom. The molecule has 3 aromatic carbocycles. The van der Waals surface area contributed by atoms with Gasteiger partial charge in [0.05, 0.1) is 16.0 Å². The van der Waals surface area contributed by atoms with E-state index in [9.17, 15) is 34.8 Å². The Morgan fingerprint density at radius 1 is 0.861 bits per heavy atom. The lowest BCUT2D eigenvalue weighted by Gasteiger charge is -2.16. The third-order valence-corrected chi connectivity index (χ3v) is 6.60. The summed E-state index contributed by atoms with van der Waals surface area (Å²) < 4.78 is 110. The van der Waals surface area contributed by atoms with Gasteiger partial charge in [-0.15, -0.1) is 13.2 Å². The van der Waals surface area contributed by atoms with Gasteiger partial charge in [0.1, 0.15) is 5.75 Å². The smallest absolute Gasteiger partial charge is 0.406 e. The second kappa shape index (κ2) is 9.43. The summed E-state index contributed by atoms with van der Waals surface area (Å²) in [5.41, 5.74) is -0.524. The molecule has 0 aliphatic heterocycles. The minimum absolute atomic E-state index is 0.0722. The van der Waals surface area contributed by atoms with Crippen molar-refractivity contribution >= 4 is 20.9 Å². The first kappa shape index (κ1) is 25.5. The average Bonchev–Trinajstić information content (AvgIpc) is 2.81. The van der Waals surface area contributed by atoms with E-state index in [1.165, 1.54) is 6.20 Å². The average molecular weight is 526 g/mol. The maximum atomic E-state index is 13.8. The monoisotopic (exact) mass is 526 g/mol. The first-order valence-electron chi connectivity index (χ1n) is 10.2. The topological polar surface area (TPSA) is 68.3 Å². The van der Waals surface area contributed by atoms with Crippen LogP contribution in [0.15, 0.2) is 83.9 Å². The van der Waals surface area contributed by atoms with Crippen molar-refractivity contribution in [3.63, 3.8) is 0 Å². The molecular formula is C24H16F6N2O3S. The van der Waals surface area contributed by atoms with Crippen LogP contribution in [0.3, 0.4) is 0 Å². The van der Waals surface area contributed by atoms with Crippen LogP contribution in [0.2, 0.25) is 0 Å². The highest BCUT2D eigenvalue weighted by Gasteiger charge is 2.35. The lowest BCUT2D eigenvalue weighted by Crippen LogP contribution is -2.24. The molecular weight excluding hydrogens is 510 g/mol. The van der Waals surface area contributed by atoms with E-state index in [2.05, 4.69) is 14.4 Å². The van der Waals surface area contributed by atoms with Crippen LogP contribution in [-0.2, 0) is 22.7 Å². The molecule has 0 aliphatic rings. The number of nitrogens with one attached hydrogen (secondary N) is 1. The van der Waals surface area contributed by atoms with Gasteiger partial charge in [0.25, 0.3) is 0 Å². The number of alkyl halides is 6. The Morgan fingerprint density at radius 3 is 2.22 bits per heavy atom. The predicted octanol–water partition coefficient (Wildman–Crippen LogP) is 6.30. The molecule has 5 nitrogen and oxygen atoms in total. The first-order chi connectivity index (χ1) is 16.8. The minimum Gasteiger partial charge on any atom is -0.406 e. The van der Waals surface area contributed by atoms with Crippen molar-refractivity contribution < 1.29 is 39.5 Å². The fourth-order valence-electron chi connectivity index (χ4n) is 3.58. The summed E-state index contributed by atoms with van der Waals surface area (Å²) in [4.78, 5) is 3.56. The van der Waals surface area contributed by atoms with E-state index in [0.29, 0.717) is 22.5 Å². The SMILES string of the molecule is O=S(=O)(NCc1ccnc2ccccc12)c1ccc(-c2ccc(OC(F)(F)F)cc2)c(C(F)(F)F)c1. The van der Waals surface area contributed by atoms with Gasteiger partial charge in [-0.05, 0) is 53.1 Å². The molecule has 1 heterocycles. The Bertz CT molecular complexity index is 1500. The van der Waals surface area contributed by atoms with E-state index in [1.807, 2.05) is 0 Å². The van der Waals surface area contributed by atoms with Gasteiger partial charge in [0, 0.05) is 18.1 Å². The molecule has 0 unspecified atom stereocenters. The molecule has 0 saturated heterocycles. The summed E-state index contributed by atoms with van der Waals surface area (Å²) in [6.07, 6.45) is -8.40. The Labute approximate surface area is 201 Å². The molecule has 0 amide bonds. The number of fused-ring (bicyclic) bond motifs is 1. The predicted molar refractivity (Wildman–Crippen MR) is 119 cm³/mol. The van der Waals surface area contributed by atoms with Gasteiger partial charge in [-0.3, -0.25) is 4.98 Å². The van der Waals surface area contributed by atoms with Crippen LogP contribution in [0.25, 0.3) is 22.0 Å². The number of pyridine rings is 1. The van der Waals surface area contributed by atoms with Crippen LogP contribution in [0.1, 0.15) is 11.1 Å². The number of halogens is 6. The van der Waals surface area contributed by atoms with Crippen LogP contribution in [0.5, 0.6) is 5.75 Å². The molecule has 1 aromatic heterocycles. The van der Waals surface area contributed by atoms with Crippen molar-refractivity contribution in [2.24, 2.45) is 0 Å². The van der Waals surface area contributed by atoms with Crippen molar-refractivity contribution in [1.82, 2.24) is 9.71 Å². The van der Waals surface area contributed by atoms with Crippen molar-refractivity contribution in [3.8, 4) is 16.9 Å². The number of para-hydroxylation sites is 1. The van der Waals surface area contributed by atoms with Crippen LogP contribution >= 0.6 is 0 Å². The lowest BCUT2D eigenvalue weighted by atomic mass is 9.99. The van der Waals surface area contributed by atoms with E-state index < -0.39 is 44.3 Å². The Hall–Kier alpha value is -3.64. The summed E-state index contributed by atoms with van der Waals surface area (Å²) >= 11 is 0. The molecule has 12 heteroatoms. The maximum absolute atomic E-state index is 13.8. The standard InChI is InChI=1S/C24H16F6N2O3S/c25-23(26,27)21-13-18(9-10-19(21)15-5-7-17(8-6-15)35-24(28,29)30)36(33,34)32-14-16-11-12-31-22-4-2-1-3-20(16)22/h1-13,32H,14H2. The highest BCUT2D eigenvalue weighted by Crippen LogP contribution is 2.39. The van der Waals surface area contributed by atoms with Gasteiger partial charge in [0.15, 0.2) is 0 Å². The van der Waals surface area contributed by atoms with Crippen molar-refractivity contribution in [1.29, 1.82) is 0 Å². The second-order valence-electron chi connectivity index (χ2n) is 7.59. The number of sulfonamides is 1. The van der Waals surface area contributed by atoms with Crippen molar-refractivity contribution in [2.45, 2.75) is 24.0 Å². The number of nitrogens with zero attached hydrogens (tertiary/aromatic N) is 1. The molecule has 0 atom stereocenters. The molecule has 0 spiro atoms. The van der Waals surface area contributed by atoms with Gasteiger partial charge in [0.2, 0.25) is 10.0 Å². The number of ether oxygens (including phenoxy) is 1. The normalized spacial score (nSPS) is 12.6. The zero-order chi connectivity index (χ0) is 26.1. The van der Waals surface area contributed by atoms with Gasteiger partial charge >= 0.3 is 12.5 Å². The number of hydrogen-bond acceptors (Lipinski definition) is 4. The van der Waals surface area contributed by atoms with Crippen LogP contribution in [0, 0.1) is 0 Å². The molecule has 0 bridgehead atoms. The quantitative estimate of drug-likeness (QED) is 0.300. The molecule has 0 saturated carbocycles. The molecule has 1 N–H and O–H groups in total. The zero-order valence-electron chi connectivity index (χ0n) is 18.1. The second-order valence-corrected chi connectivity index (χ2v) is 9.36. The van der Waals surface area contributed by atoms with Gasteiger partial charge < -0.3 is 4.74 Å². The Balaban J connectivity index is 1.64. The maximum Gasteiger partial charge on any atom is 0.573 e. The summed E-state index contributed by atoms with van der Waals surface area (Å²) in [7, 11) is -4.35. The molecule has 4 aromatic rings. The van der Waals surface area contributed by atoms with E-state index in [-0.39, 0.29) is 12.1 Å². The highest BCUT2D eigenvalue weighted by molar-refractivity contribution is 7.89. The van der Waals surface area contributed by atoms with Crippen LogP contribution < -0.4 is 9.46 Å². The van der Waals surface area contributed by atoms with Gasteiger partial charge in [-0.2, -0.15) is 13.2 Å². The first-order valence-corrected chi connectivity index (χ1v) is 11.7. The summed E-state index contributed by atoms with van der Waals surface area (Å²) in [5, 5.41) is 0.687.